The lowest BCUT2D eigenvalue weighted by Gasteiger charge is -2.10. The minimum Gasteiger partial charge on any atom is -0.484 e. The third-order valence-corrected chi connectivity index (χ3v) is 3.89. The van der Waals surface area contributed by atoms with Gasteiger partial charge in [0.05, 0.1) is 5.69 Å². The van der Waals surface area contributed by atoms with Gasteiger partial charge in [0.15, 0.2) is 6.61 Å². The molecule has 2 N–H and O–H groups in total. The van der Waals surface area contributed by atoms with Crippen LogP contribution >= 0.6 is 11.6 Å². The molecule has 0 saturated heterocycles. The van der Waals surface area contributed by atoms with Crippen molar-refractivity contribution in [2.45, 2.75) is 12.8 Å². The molecule has 0 atom stereocenters. The highest BCUT2D eigenvalue weighted by Crippen LogP contribution is 2.31. The molecule has 7 heteroatoms. The quantitative estimate of drug-likeness (QED) is 0.820. The lowest BCUT2D eigenvalue weighted by molar-refractivity contribution is -0.118. The Kier molecular flexibility index (Phi) is 5.19. The minimum atomic E-state index is -0.551. The van der Waals surface area contributed by atoms with E-state index in [1.54, 1.807) is 24.3 Å². The van der Waals surface area contributed by atoms with E-state index >= 15 is 0 Å². The Morgan fingerprint density at radius 3 is 2.52 bits per heavy atom. The fourth-order valence-corrected chi connectivity index (χ4v) is 2.28. The van der Waals surface area contributed by atoms with Crippen LogP contribution < -0.4 is 15.4 Å². The smallest absolute Gasteiger partial charge is 0.262 e. The Balaban J connectivity index is 1.56. The Bertz CT molecular complexity index is 791. The van der Waals surface area contributed by atoms with Crippen molar-refractivity contribution in [2.24, 2.45) is 5.92 Å². The number of anilines is 2. The van der Waals surface area contributed by atoms with Gasteiger partial charge in [0.25, 0.3) is 5.91 Å². The molecule has 130 valence electrons. The summed E-state index contributed by atoms with van der Waals surface area (Å²) in [5.74, 6) is -0.680. The molecule has 2 amide bonds. The number of rotatable bonds is 6. The van der Waals surface area contributed by atoms with Gasteiger partial charge in [-0.3, -0.25) is 9.59 Å². The average molecular weight is 363 g/mol. The third kappa shape index (κ3) is 4.93. The molecule has 2 aromatic rings. The topological polar surface area (TPSA) is 67.4 Å². The summed E-state index contributed by atoms with van der Waals surface area (Å²) in [5, 5.41) is 5.71. The van der Waals surface area contributed by atoms with Crippen LogP contribution in [0.3, 0.4) is 0 Å². The summed E-state index contributed by atoms with van der Waals surface area (Å²) >= 11 is 5.77. The number of carbonyl (C=O) groups is 2. The van der Waals surface area contributed by atoms with Gasteiger partial charge in [0.2, 0.25) is 5.91 Å². The van der Waals surface area contributed by atoms with E-state index in [9.17, 15) is 14.0 Å². The molecule has 0 aromatic heterocycles. The first-order chi connectivity index (χ1) is 12.0. The van der Waals surface area contributed by atoms with Gasteiger partial charge in [-0.1, -0.05) is 11.6 Å². The Morgan fingerprint density at radius 1 is 1.12 bits per heavy atom. The predicted molar refractivity (Wildman–Crippen MR) is 93.3 cm³/mol. The van der Waals surface area contributed by atoms with Crippen molar-refractivity contribution in [1.82, 2.24) is 0 Å². The van der Waals surface area contributed by atoms with Gasteiger partial charge in [-0.25, -0.2) is 4.39 Å². The zero-order chi connectivity index (χ0) is 17.8. The second-order valence-corrected chi connectivity index (χ2v) is 6.19. The molecule has 3 rings (SSSR count). The molecular weight excluding hydrogens is 347 g/mol. The number of nitrogens with one attached hydrogen (secondary N) is 2. The van der Waals surface area contributed by atoms with Crippen molar-refractivity contribution in [3.05, 3.63) is 53.3 Å². The highest BCUT2D eigenvalue weighted by atomic mass is 35.5. The first-order valence-corrected chi connectivity index (χ1v) is 8.18. The molecule has 0 unspecified atom stereocenters. The molecule has 25 heavy (non-hydrogen) atoms. The third-order valence-electron chi connectivity index (χ3n) is 3.64. The van der Waals surface area contributed by atoms with Gasteiger partial charge < -0.3 is 15.4 Å². The van der Waals surface area contributed by atoms with E-state index in [4.69, 9.17) is 16.3 Å². The summed E-state index contributed by atoms with van der Waals surface area (Å²) in [4.78, 5) is 23.7. The molecule has 2 aromatic carbocycles. The first-order valence-electron chi connectivity index (χ1n) is 7.80. The molecular formula is C18H16ClFN2O3. The van der Waals surface area contributed by atoms with Crippen LogP contribution in [0.1, 0.15) is 12.8 Å². The molecule has 5 nitrogen and oxygen atoms in total. The number of carbonyl (C=O) groups excluding carboxylic acids is 2. The number of benzene rings is 2. The van der Waals surface area contributed by atoms with Crippen LogP contribution in [0.5, 0.6) is 5.75 Å². The maximum absolute atomic E-state index is 13.8. The largest absolute Gasteiger partial charge is 0.484 e. The first kappa shape index (κ1) is 17.2. The van der Waals surface area contributed by atoms with Crippen molar-refractivity contribution in [3.8, 4) is 5.75 Å². The highest BCUT2D eigenvalue weighted by Gasteiger charge is 2.30. The second-order valence-electron chi connectivity index (χ2n) is 5.75. The van der Waals surface area contributed by atoms with Gasteiger partial charge >= 0.3 is 0 Å². The lowest BCUT2D eigenvalue weighted by Crippen LogP contribution is -2.20. The Labute approximate surface area is 149 Å². The Hall–Kier alpha value is -2.60. The van der Waals surface area contributed by atoms with Crippen LogP contribution in [-0.4, -0.2) is 18.4 Å². The van der Waals surface area contributed by atoms with Crippen molar-refractivity contribution >= 4 is 34.8 Å². The highest BCUT2D eigenvalue weighted by molar-refractivity contribution is 6.30. The molecule has 1 aliphatic carbocycles. The van der Waals surface area contributed by atoms with E-state index < -0.39 is 11.7 Å². The molecule has 0 heterocycles. The van der Waals surface area contributed by atoms with E-state index in [0.29, 0.717) is 16.5 Å². The number of halogens is 2. The summed E-state index contributed by atoms with van der Waals surface area (Å²) in [6.45, 7) is -0.206. The van der Waals surface area contributed by atoms with Crippen molar-refractivity contribution in [1.29, 1.82) is 0 Å². The van der Waals surface area contributed by atoms with Crippen LogP contribution in [0.4, 0.5) is 15.8 Å². The number of ether oxygens (including phenoxy) is 1. The SMILES string of the molecule is O=C(COc1ccc(Cl)cc1)Nc1ccc(F)c(NC(=O)C2CC2)c1. The van der Waals surface area contributed by atoms with Crippen molar-refractivity contribution < 1.29 is 18.7 Å². The van der Waals surface area contributed by atoms with Gasteiger partial charge in [-0.2, -0.15) is 0 Å². The van der Waals surface area contributed by atoms with Crippen LogP contribution in [0.15, 0.2) is 42.5 Å². The van der Waals surface area contributed by atoms with Gasteiger partial charge in [-0.05, 0) is 55.3 Å². The monoisotopic (exact) mass is 362 g/mol. The summed E-state index contributed by atoms with van der Waals surface area (Å²) in [6, 6.07) is 10.6. The summed E-state index contributed by atoms with van der Waals surface area (Å²) in [6.07, 6.45) is 1.65. The normalized spacial score (nSPS) is 13.2. The van der Waals surface area contributed by atoms with Crippen molar-refractivity contribution in [3.63, 3.8) is 0 Å². The van der Waals surface area contributed by atoms with Crippen LogP contribution in [0, 0.1) is 11.7 Å². The molecule has 0 radical (unpaired) electrons. The van der Waals surface area contributed by atoms with Crippen LogP contribution in [-0.2, 0) is 9.59 Å². The number of hydrogen-bond acceptors (Lipinski definition) is 3. The van der Waals surface area contributed by atoms with E-state index in [2.05, 4.69) is 10.6 Å². The molecule has 1 aliphatic rings. The zero-order valence-electron chi connectivity index (χ0n) is 13.2. The Morgan fingerprint density at radius 2 is 1.84 bits per heavy atom. The van der Waals surface area contributed by atoms with Gasteiger partial charge in [0, 0.05) is 16.6 Å². The van der Waals surface area contributed by atoms with E-state index in [1.807, 2.05) is 0 Å². The van der Waals surface area contributed by atoms with E-state index in [0.717, 1.165) is 12.8 Å². The van der Waals surface area contributed by atoms with Crippen LogP contribution in [0.25, 0.3) is 0 Å². The standard InChI is InChI=1S/C18H16ClFN2O3/c19-12-3-6-14(7-4-12)25-10-17(23)21-13-5-8-15(20)16(9-13)22-18(24)11-1-2-11/h3-9,11H,1-2,10H2,(H,21,23)(H,22,24). The number of hydrogen-bond donors (Lipinski definition) is 2. The van der Waals surface area contributed by atoms with E-state index in [1.165, 1.54) is 18.2 Å². The molecule has 0 spiro atoms. The molecule has 1 saturated carbocycles. The van der Waals surface area contributed by atoms with Gasteiger partial charge in [0.1, 0.15) is 11.6 Å². The number of amides is 2. The minimum absolute atomic E-state index is 0.0366. The van der Waals surface area contributed by atoms with Gasteiger partial charge in [-0.15, -0.1) is 0 Å². The summed E-state index contributed by atoms with van der Waals surface area (Å²) < 4.78 is 19.1. The fraction of sp³-hybridized carbons (Fsp3) is 0.222. The molecule has 1 fully saturated rings. The second kappa shape index (κ2) is 7.53. The summed E-state index contributed by atoms with van der Waals surface area (Å²) in [7, 11) is 0. The maximum Gasteiger partial charge on any atom is 0.262 e. The fourth-order valence-electron chi connectivity index (χ4n) is 2.16. The summed E-state index contributed by atoms with van der Waals surface area (Å²) in [5.41, 5.74) is 0.422. The molecule has 0 aliphatic heterocycles. The predicted octanol–water partition coefficient (Wildman–Crippen LogP) is 3.85. The average Bonchev–Trinajstić information content (AvgIpc) is 3.42. The van der Waals surface area contributed by atoms with Crippen LogP contribution in [0.2, 0.25) is 5.02 Å². The lowest BCUT2D eigenvalue weighted by atomic mass is 10.2. The van der Waals surface area contributed by atoms with E-state index in [-0.39, 0.29) is 24.1 Å². The maximum atomic E-state index is 13.8. The molecule has 0 bridgehead atoms. The van der Waals surface area contributed by atoms with Crippen molar-refractivity contribution in [2.75, 3.05) is 17.2 Å². The zero-order valence-corrected chi connectivity index (χ0v) is 14.0.